The van der Waals surface area contributed by atoms with E-state index >= 15 is 0 Å². The summed E-state index contributed by atoms with van der Waals surface area (Å²) in [6, 6.07) is 9.51. The monoisotopic (exact) mass is 219 g/mol. The van der Waals surface area contributed by atoms with Crippen molar-refractivity contribution in [3.63, 3.8) is 0 Å². The number of ketones is 1. The van der Waals surface area contributed by atoms with E-state index in [-0.39, 0.29) is 12.2 Å². The lowest BCUT2D eigenvalue weighted by molar-refractivity contribution is -0.117. The third-order valence-electron chi connectivity index (χ3n) is 2.04. The van der Waals surface area contributed by atoms with Crippen LogP contribution in [0.4, 0.5) is 0 Å². The molecular formula is C11H9NO2S. The van der Waals surface area contributed by atoms with E-state index in [0.717, 1.165) is 10.1 Å². The van der Waals surface area contributed by atoms with Gasteiger partial charge in [-0.3, -0.25) is 9.59 Å². The van der Waals surface area contributed by atoms with Crippen molar-refractivity contribution in [2.75, 3.05) is 0 Å². The van der Waals surface area contributed by atoms with Gasteiger partial charge in [-0.2, -0.15) is 0 Å². The molecule has 0 unspecified atom stereocenters. The van der Waals surface area contributed by atoms with Crippen LogP contribution in [-0.4, -0.2) is 11.7 Å². The van der Waals surface area contributed by atoms with Gasteiger partial charge in [-0.25, -0.2) is 0 Å². The van der Waals surface area contributed by atoms with Gasteiger partial charge in [0.1, 0.15) is 0 Å². The van der Waals surface area contributed by atoms with Crippen LogP contribution in [-0.2, 0) is 4.79 Å². The standard InChI is InChI=1S/C11H9NO2S/c12-11(14)6-8(13)10-5-7-3-1-2-4-9(7)15-10/h1-5H,6H2,(H2,12,14). The minimum absolute atomic E-state index is 0.205. The normalized spacial score (nSPS) is 10.4. The molecule has 0 saturated heterocycles. The van der Waals surface area contributed by atoms with Crippen molar-refractivity contribution in [1.29, 1.82) is 0 Å². The Bertz CT molecular complexity index is 497. The Morgan fingerprint density at radius 2 is 2.00 bits per heavy atom. The molecule has 0 atom stereocenters. The maximum atomic E-state index is 11.5. The number of rotatable bonds is 3. The number of carbonyl (C=O) groups excluding carboxylic acids is 2. The second kappa shape index (κ2) is 3.82. The lowest BCUT2D eigenvalue weighted by atomic mass is 10.2. The lowest BCUT2D eigenvalue weighted by Gasteiger charge is -1.90. The number of benzene rings is 1. The summed E-state index contributed by atoms with van der Waals surface area (Å²) in [7, 11) is 0. The zero-order valence-corrected chi connectivity index (χ0v) is 8.71. The SMILES string of the molecule is NC(=O)CC(=O)c1cc2ccccc2s1. The van der Waals surface area contributed by atoms with Crippen LogP contribution >= 0.6 is 11.3 Å². The second-order valence-electron chi connectivity index (χ2n) is 3.21. The minimum atomic E-state index is -0.586. The fourth-order valence-corrected chi connectivity index (χ4v) is 2.36. The molecule has 15 heavy (non-hydrogen) atoms. The quantitative estimate of drug-likeness (QED) is 0.633. The highest BCUT2D eigenvalue weighted by Crippen LogP contribution is 2.25. The Balaban J connectivity index is 2.36. The first-order valence-corrected chi connectivity index (χ1v) is 5.28. The number of hydrogen-bond acceptors (Lipinski definition) is 3. The summed E-state index contributed by atoms with van der Waals surface area (Å²) in [6.07, 6.45) is -0.215. The summed E-state index contributed by atoms with van der Waals surface area (Å²) in [5.74, 6) is -0.791. The summed E-state index contributed by atoms with van der Waals surface area (Å²) in [5.41, 5.74) is 4.97. The molecule has 0 aliphatic rings. The van der Waals surface area contributed by atoms with Crippen LogP contribution in [0.3, 0.4) is 0 Å². The summed E-state index contributed by atoms with van der Waals surface area (Å²) < 4.78 is 1.05. The first kappa shape index (κ1) is 9.86. The minimum Gasteiger partial charge on any atom is -0.369 e. The molecule has 0 fully saturated rings. The average Bonchev–Trinajstić information content (AvgIpc) is 2.59. The van der Waals surface area contributed by atoms with Crippen molar-refractivity contribution >= 4 is 33.1 Å². The second-order valence-corrected chi connectivity index (χ2v) is 4.30. The number of thiophene rings is 1. The Labute approximate surface area is 90.5 Å². The molecule has 1 heterocycles. The fraction of sp³-hybridized carbons (Fsp3) is 0.0909. The molecule has 2 N–H and O–H groups in total. The van der Waals surface area contributed by atoms with Crippen molar-refractivity contribution in [3.8, 4) is 0 Å². The zero-order chi connectivity index (χ0) is 10.8. The number of fused-ring (bicyclic) bond motifs is 1. The van der Waals surface area contributed by atoms with Gasteiger partial charge in [0, 0.05) is 4.70 Å². The number of carbonyl (C=O) groups is 2. The lowest BCUT2D eigenvalue weighted by Crippen LogP contribution is -2.15. The van der Waals surface area contributed by atoms with Gasteiger partial charge in [0.2, 0.25) is 5.91 Å². The predicted molar refractivity (Wildman–Crippen MR) is 60.0 cm³/mol. The smallest absolute Gasteiger partial charge is 0.225 e. The summed E-state index contributed by atoms with van der Waals surface area (Å²) in [4.78, 5) is 22.7. The van der Waals surface area contributed by atoms with Crippen LogP contribution in [0, 0.1) is 0 Å². The molecule has 1 aromatic carbocycles. The van der Waals surface area contributed by atoms with Crippen LogP contribution < -0.4 is 5.73 Å². The van der Waals surface area contributed by atoms with Crippen molar-refractivity contribution in [1.82, 2.24) is 0 Å². The fourth-order valence-electron chi connectivity index (χ4n) is 1.36. The number of Topliss-reactive ketones (excluding diaryl/α,β-unsaturated/α-hetero) is 1. The maximum absolute atomic E-state index is 11.5. The third-order valence-corrected chi connectivity index (χ3v) is 3.19. The first-order valence-electron chi connectivity index (χ1n) is 4.47. The van der Waals surface area contributed by atoms with Gasteiger partial charge < -0.3 is 5.73 Å². The molecule has 0 aliphatic carbocycles. The topological polar surface area (TPSA) is 60.2 Å². The molecule has 2 rings (SSSR count). The Kier molecular flexibility index (Phi) is 2.51. The van der Waals surface area contributed by atoms with Crippen LogP contribution in [0.1, 0.15) is 16.1 Å². The highest BCUT2D eigenvalue weighted by atomic mass is 32.1. The molecule has 76 valence electrons. The van der Waals surface area contributed by atoms with Gasteiger partial charge in [-0.05, 0) is 17.5 Å². The van der Waals surface area contributed by atoms with Gasteiger partial charge in [-0.1, -0.05) is 18.2 Å². The summed E-state index contributed by atoms with van der Waals surface area (Å²) in [5, 5.41) is 1.02. The molecule has 0 bridgehead atoms. The highest BCUT2D eigenvalue weighted by Gasteiger charge is 2.12. The molecule has 0 spiro atoms. The Hall–Kier alpha value is -1.68. The highest BCUT2D eigenvalue weighted by molar-refractivity contribution is 7.20. The predicted octanol–water partition coefficient (Wildman–Crippen LogP) is 1.96. The van der Waals surface area contributed by atoms with Crippen LogP contribution in [0.2, 0.25) is 0 Å². The third kappa shape index (κ3) is 2.05. The van der Waals surface area contributed by atoms with E-state index in [2.05, 4.69) is 0 Å². The molecule has 0 aliphatic heterocycles. The molecule has 4 heteroatoms. The van der Waals surface area contributed by atoms with E-state index in [0.29, 0.717) is 4.88 Å². The molecule has 2 aromatic rings. The summed E-state index contributed by atoms with van der Waals surface area (Å²) >= 11 is 1.39. The van der Waals surface area contributed by atoms with Crippen molar-refractivity contribution < 1.29 is 9.59 Å². The Morgan fingerprint density at radius 3 is 2.67 bits per heavy atom. The van der Waals surface area contributed by atoms with E-state index in [1.165, 1.54) is 11.3 Å². The number of nitrogens with two attached hydrogens (primary N) is 1. The van der Waals surface area contributed by atoms with Crippen molar-refractivity contribution in [3.05, 3.63) is 35.2 Å². The molecule has 1 aromatic heterocycles. The van der Waals surface area contributed by atoms with E-state index in [1.807, 2.05) is 24.3 Å². The van der Waals surface area contributed by atoms with E-state index in [9.17, 15) is 9.59 Å². The molecular weight excluding hydrogens is 210 g/mol. The molecule has 0 radical (unpaired) electrons. The van der Waals surface area contributed by atoms with Gasteiger partial charge >= 0.3 is 0 Å². The largest absolute Gasteiger partial charge is 0.369 e. The Morgan fingerprint density at radius 1 is 1.27 bits per heavy atom. The molecule has 3 nitrogen and oxygen atoms in total. The van der Waals surface area contributed by atoms with Crippen molar-refractivity contribution in [2.24, 2.45) is 5.73 Å². The zero-order valence-electron chi connectivity index (χ0n) is 7.90. The van der Waals surface area contributed by atoms with Gasteiger partial charge in [0.05, 0.1) is 11.3 Å². The van der Waals surface area contributed by atoms with E-state index in [4.69, 9.17) is 5.73 Å². The van der Waals surface area contributed by atoms with Crippen LogP contribution in [0.5, 0.6) is 0 Å². The van der Waals surface area contributed by atoms with Crippen molar-refractivity contribution in [2.45, 2.75) is 6.42 Å². The average molecular weight is 219 g/mol. The first-order chi connectivity index (χ1) is 7.16. The number of primary amides is 1. The van der Waals surface area contributed by atoms with E-state index < -0.39 is 5.91 Å². The van der Waals surface area contributed by atoms with Crippen LogP contribution in [0.25, 0.3) is 10.1 Å². The van der Waals surface area contributed by atoms with Gasteiger partial charge in [0.25, 0.3) is 0 Å². The maximum Gasteiger partial charge on any atom is 0.225 e. The van der Waals surface area contributed by atoms with Gasteiger partial charge in [-0.15, -0.1) is 11.3 Å². The van der Waals surface area contributed by atoms with E-state index in [1.54, 1.807) is 6.07 Å². The number of amides is 1. The van der Waals surface area contributed by atoms with Crippen LogP contribution in [0.15, 0.2) is 30.3 Å². The molecule has 1 amide bonds. The number of hydrogen-bond donors (Lipinski definition) is 1. The summed E-state index contributed by atoms with van der Waals surface area (Å²) in [6.45, 7) is 0. The van der Waals surface area contributed by atoms with Gasteiger partial charge in [0.15, 0.2) is 5.78 Å². The molecule has 0 saturated carbocycles.